The highest BCUT2D eigenvalue weighted by Gasteiger charge is 2.30. The SMILES string of the molecule is CC(C)(O)C(=O)Nc1c(F)c(F)c(F)c(F)c1F. The van der Waals surface area contributed by atoms with Crippen molar-refractivity contribution in [2.45, 2.75) is 19.4 Å². The lowest BCUT2D eigenvalue weighted by atomic mass is 10.1. The van der Waals surface area contributed by atoms with Crippen LogP contribution in [0.1, 0.15) is 13.8 Å². The first-order valence-corrected chi connectivity index (χ1v) is 4.62. The zero-order chi connectivity index (χ0) is 14.2. The summed E-state index contributed by atoms with van der Waals surface area (Å²) in [6.07, 6.45) is 0. The van der Waals surface area contributed by atoms with Gasteiger partial charge in [-0.1, -0.05) is 0 Å². The fourth-order valence-electron chi connectivity index (χ4n) is 0.981. The van der Waals surface area contributed by atoms with Gasteiger partial charge < -0.3 is 10.4 Å². The number of hydrogen-bond acceptors (Lipinski definition) is 2. The molecule has 0 saturated carbocycles. The van der Waals surface area contributed by atoms with E-state index in [1.807, 2.05) is 0 Å². The molecule has 1 amide bonds. The first kappa shape index (κ1) is 14.4. The molecule has 0 unspecified atom stereocenters. The van der Waals surface area contributed by atoms with Gasteiger partial charge in [-0.25, -0.2) is 22.0 Å². The summed E-state index contributed by atoms with van der Waals surface area (Å²) in [6, 6.07) is 0. The Hall–Kier alpha value is -1.70. The van der Waals surface area contributed by atoms with E-state index in [0.29, 0.717) is 0 Å². The third-order valence-electron chi connectivity index (χ3n) is 2.00. The molecule has 100 valence electrons. The topological polar surface area (TPSA) is 49.3 Å². The molecule has 0 atom stereocenters. The molecular weight excluding hydrogens is 261 g/mol. The minimum absolute atomic E-state index is 0.981. The average molecular weight is 269 g/mol. The fourth-order valence-corrected chi connectivity index (χ4v) is 0.981. The monoisotopic (exact) mass is 269 g/mol. The van der Waals surface area contributed by atoms with Gasteiger partial charge in [-0.15, -0.1) is 0 Å². The van der Waals surface area contributed by atoms with Crippen LogP contribution in [0.2, 0.25) is 0 Å². The van der Waals surface area contributed by atoms with E-state index >= 15 is 0 Å². The van der Waals surface area contributed by atoms with Gasteiger partial charge in [-0.05, 0) is 13.8 Å². The number of amides is 1. The van der Waals surface area contributed by atoms with Crippen LogP contribution in [0.15, 0.2) is 0 Å². The van der Waals surface area contributed by atoms with Crippen LogP contribution in [0, 0.1) is 29.1 Å². The summed E-state index contributed by atoms with van der Waals surface area (Å²) in [5.74, 6) is -12.4. The fraction of sp³-hybridized carbons (Fsp3) is 0.300. The number of anilines is 1. The molecule has 1 aromatic rings. The van der Waals surface area contributed by atoms with E-state index in [1.54, 1.807) is 0 Å². The van der Waals surface area contributed by atoms with E-state index < -0.39 is 46.3 Å². The Labute approximate surface area is 98.2 Å². The molecule has 0 aromatic heterocycles. The van der Waals surface area contributed by atoms with Crippen LogP contribution in [-0.2, 0) is 4.79 Å². The lowest BCUT2D eigenvalue weighted by Gasteiger charge is -2.17. The van der Waals surface area contributed by atoms with Crippen LogP contribution in [0.5, 0.6) is 0 Å². The van der Waals surface area contributed by atoms with Crippen molar-refractivity contribution in [1.82, 2.24) is 0 Å². The van der Waals surface area contributed by atoms with E-state index in [0.717, 1.165) is 13.8 Å². The van der Waals surface area contributed by atoms with Crippen molar-refractivity contribution in [3.05, 3.63) is 29.1 Å². The Balaban J connectivity index is 3.31. The quantitative estimate of drug-likeness (QED) is 0.490. The second kappa shape index (κ2) is 4.52. The molecular formula is C10H8F5NO2. The Bertz CT molecular complexity index is 481. The van der Waals surface area contributed by atoms with Gasteiger partial charge in [0.25, 0.3) is 5.91 Å². The third kappa shape index (κ3) is 2.42. The van der Waals surface area contributed by atoms with Crippen LogP contribution in [0.3, 0.4) is 0 Å². The Kier molecular flexibility index (Phi) is 3.61. The normalized spacial score (nSPS) is 11.6. The van der Waals surface area contributed by atoms with E-state index in [2.05, 4.69) is 0 Å². The van der Waals surface area contributed by atoms with E-state index in [4.69, 9.17) is 0 Å². The summed E-state index contributed by atoms with van der Waals surface area (Å²) in [4.78, 5) is 11.2. The van der Waals surface area contributed by atoms with Gasteiger partial charge in [0, 0.05) is 0 Å². The highest BCUT2D eigenvalue weighted by molar-refractivity contribution is 5.96. The zero-order valence-corrected chi connectivity index (χ0v) is 9.25. The molecule has 0 spiro atoms. The van der Waals surface area contributed by atoms with Gasteiger partial charge in [-0.2, -0.15) is 0 Å². The molecule has 0 bridgehead atoms. The number of rotatable bonds is 2. The number of carbonyl (C=O) groups excluding carboxylic acids is 1. The Morgan fingerprint density at radius 1 is 0.944 bits per heavy atom. The van der Waals surface area contributed by atoms with Crippen molar-refractivity contribution in [1.29, 1.82) is 0 Å². The highest BCUT2D eigenvalue weighted by atomic mass is 19.2. The number of benzene rings is 1. The third-order valence-corrected chi connectivity index (χ3v) is 2.00. The molecule has 0 aliphatic carbocycles. The molecule has 18 heavy (non-hydrogen) atoms. The summed E-state index contributed by atoms with van der Waals surface area (Å²) in [6.45, 7) is 1.96. The number of halogens is 5. The molecule has 3 nitrogen and oxygen atoms in total. The second-order valence-electron chi connectivity index (χ2n) is 3.96. The molecule has 1 aromatic carbocycles. The first-order chi connectivity index (χ1) is 8.07. The van der Waals surface area contributed by atoms with Crippen molar-refractivity contribution in [3.8, 4) is 0 Å². The average Bonchev–Trinajstić information content (AvgIpc) is 2.28. The van der Waals surface area contributed by atoms with E-state index in [-0.39, 0.29) is 0 Å². The molecule has 1 rings (SSSR count). The first-order valence-electron chi connectivity index (χ1n) is 4.62. The van der Waals surface area contributed by atoms with Gasteiger partial charge in [-0.3, -0.25) is 4.79 Å². The van der Waals surface area contributed by atoms with Gasteiger partial charge in [0.1, 0.15) is 11.3 Å². The van der Waals surface area contributed by atoms with Gasteiger partial charge in [0.05, 0.1) is 0 Å². The minimum Gasteiger partial charge on any atom is -0.381 e. The maximum atomic E-state index is 13.1. The summed E-state index contributed by atoms with van der Waals surface area (Å²) in [5, 5.41) is 10.6. The largest absolute Gasteiger partial charge is 0.381 e. The van der Waals surface area contributed by atoms with Crippen LogP contribution in [-0.4, -0.2) is 16.6 Å². The lowest BCUT2D eigenvalue weighted by molar-refractivity contribution is -0.130. The molecule has 8 heteroatoms. The second-order valence-corrected chi connectivity index (χ2v) is 3.96. The lowest BCUT2D eigenvalue weighted by Crippen LogP contribution is -2.37. The predicted octanol–water partition coefficient (Wildman–Crippen LogP) is 2.09. The van der Waals surface area contributed by atoms with Crippen LogP contribution in [0.25, 0.3) is 0 Å². The summed E-state index contributed by atoms with van der Waals surface area (Å²) in [7, 11) is 0. The number of hydrogen-bond donors (Lipinski definition) is 2. The van der Waals surface area contributed by atoms with Gasteiger partial charge in [0.2, 0.25) is 5.82 Å². The summed E-state index contributed by atoms with van der Waals surface area (Å²) < 4.78 is 64.5. The molecule has 0 heterocycles. The maximum Gasteiger partial charge on any atom is 0.255 e. The summed E-state index contributed by atoms with van der Waals surface area (Å²) in [5.41, 5.74) is -3.54. The van der Waals surface area contributed by atoms with Crippen molar-refractivity contribution in [3.63, 3.8) is 0 Å². The van der Waals surface area contributed by atoms with Crippen molar-refractivity contribution >= 4 is 11.6 Å². The zero-order valence-electron chi connectivity index (χ0n) is 9.25. The molecule has 0 aliphatic rings. The van der Waals surface area contributed by atoms with Crippen LogP contribution in [0.4, 0.5) is 27.6 Å². The molecule has 0 fully saturated rings. The van der Waals surface area contributed by atoms with Crippen molar-refractivity contribution < 1.29 is 31.9 Å². The maximum absolute atomic E-state index is 13.1. The summed E-state index contributed by atoms with van der Waals surface area (Å²) >= 11 is 0. The molecule has 0 aliphatic heterocycles. The Morgan fingerprint density at radius 3 is 1.61 bits per heavy atom. The van der Waals surface area contributed by atoms with Crippen LogP contribution < -0.4 is 5.32 Å². The number of carbonyl (C=O) groups is 1. The number of nitrogens with one attached hydrogen (secondary N) is 1. The van der Waals surface area contributed by atoms with Crippen molar-refractivity contribution in [2.24, 2.45) is 0 Å². The predicted molar refractivity (Wildman–Crippen MR) is 51.2 cm³/mol. The smallest absolute Gasteiger partial charge is 0.255 e. The molecule has 0 saturated heterocycles. The van der Waals surface area contributed by atoms with E-state index in [9.17, 15) is 31.9 Å². The standard InChI is InChI=1S/C10H8F5NO2/c1-10(2,18)9(17)16-8-6(14)4(12)3(11)5(13)7(8)15/h18H,1-2H3,(H,16,17). The molecule has 2 N–H and O–H groups in total. The Morgan fingerprint density at radius 2 is 1.28 bits per heavy atom. The van der Waals surface area contributed by atoms with Gasteiger partial charge in [0.15, 0.2) is 23.3 Å². The number of aliphatic hydroxyl groups is 1. The van der Waals surface area contributed by atoms with Crippen LogP contribution >= 0.6 is 0 Å². The van der Waals surface area contributed by atoms with Gasteiger partial charge >= 0.3 is 0 Å². The highest BCUT2D eigenvalue weighted by Crippen LogP contribution is 2.27. The van der Waals surface area contributed by atoms with Crippen molar-refractivity contribution in [2.75, 3.05) is 5.32 Å². The minimum atomic E-state index is -2.33. The molecule has 0 radical (unpaired) electrons. The van der Waals surface area contributed by atoms with E-state index in [1.165, 1.54) is 5.32 Å².